The number of sulfonamides is 1. The molecule has 0 bridgehead atoms. The number of ether oxygens (including phenoxy) is 1. The topological polar surface area (TPSA) is 55.4 Å². The zero-order chi connectivity index (χ0) is 37.8. The highest BCUT2D eigenvalue weighted by atomic mass is 32.2. The Morgan fingerprint density at radius 3 is 1.40 bits per heavy atom. The summed E-state index contributed by atoms with van der Waals surface area (Å²) >= 11 is 0. The van der Waals surface area contributed by atoms with Gasteiger partial charge in [0.15, 0.2) is 0 Å². The van der Waals surface area contributed by atoms with Gasteiger partial charge in [0.25, 0.3) is 0 Å². The Labute approximate surface area is 297 Å². The molecule has 1 N–H and O–H groups in total. The first kappa shape index (κ1) is 50.5. The van der Waals surface area contributed by atoms with E-state index in [1.165, 1.54) is 36.8 Å². The van der Waals surface area contributed by atoms with Crippen LogP contribution in [-0.2, 0) is 14.8 Å². The molecule has 0 spiro atoms. The number of nitrogens with one attached hydrogen (secondary N) is 1. The largest absolute Gasteiger partial charge is 0.379 e. The van der Waals surface area contributed by atoms with Crippen LogP contribution in [0.3, 0.4) is 0 Å². The lowest BCUT2D eigenvalue weighted by Crippen LogP contribution is -2.32. The number of benzene rings is 1. The smallest absolute Gasteiger partial charge is 0.214 e. The maximum absolute atomic E-state index is 11.1. The molecule has 1 saturated carbocycles. The highest BCUT2D eigenvalue weighted by Crippen LogP contribution is 2.36. The minimum absolute atomic E-state index is 0.0330. The van der Waals surface area contributed by atoms with Crippen molar-refractivity contribution in [1.29, 1.82) is 0 Å². The predicted molar refractivity (Wildman–Crippen MR) is 213 cm³/mol. The van der Waals surface area contributed by atoms with Crippen LogP contribution in [0.4, 0.5) is 0 Å². The molecule has 47 heavy (non-hydrogen) atoms. The van der Waals surface area contributed by atoms with Crippen LogP contribution in [0.2, 0.25) is 0 Å². The number of hydrogen-bond donors (Lipinski definition) is 1. The molecular weight excluding hydrogens is 599 g/mol. The minimum atomic E-state index is -2.94. The number of hydrogen-bond acceptors (Lipinski definition) is 3. The van der Waals surface area contributed by atoms with Gasteiger partial charge in [-0.2, -0.15) is 0 Å². The summed E-state index contributed by atoms with van der Waals surface area (Å²) in [6.07, 6.45) is 7.16. The minimum Gasteiger partial charge on any atom is -0.379 e. The van der Waals surface area contributed by atoms with Gasteiger partial charge in [0.1, 0.15) is 0 Å². The zero-order valence-electron chi connectivity index (χ0n) is 35.4. The van der Waals surface area contributed by atoms with Crippen molar-refractivity contribution in [2.75, 3.05) is 6.61 Å². The zero-order valence-corrected chi connectivity index (χ0v) is 36.2. The van der Waals surface area contributed by atoms with Crippen molar-refractivity contribution in [3.8, 4) is 0 Å². The van der Waals surface area contributed by atoms with E-state index in [0.717, 1.165) is 25.4 Å². The van der Waals surface area contributed by atoms with E-state index in [1.807, 2.05) is 13.8 Å². The molecular formula is C42H85NO3S. The lowest BCUT2D eigenvalue weighted by Gasteiger charge is -2.34. The Hall–Kier alpha value is -0.910. The summed E-state index contributed by atoms with van der Waals surface area (Å²) in [7, 11) is -2.94. The third-order valence-electron chi connectivity index (χ3n) is 8.45. The van der Waals surface area contributed by atoms with Crippen LogP contribution in [0, 0.1) is 22.2 Å². The summed E-state index contributed by atoms with van der Waals surface area (Å²) < 4.78 is 30.2. The Morgan fingerprint density at radius 1 is 0.745 bits per heavy atom. The number of rotatable bonds is 11. The summed E-state index contributed by atoms with van der Waals surface area (Å²) in [5.74, 6) is 2.17. The second-order valence-corrected chi connectivity index (χ2v) is 20.2. The highest BCUT2D eigenvalue weighted by Gasteiger charge is 2.35. The molecule has 0 atom stereocenters. The van der Waals surface area contributed by atoms with Crippen molar-refractivity contribution >= 4 is 10.0 Å². The lowest BCUT2D eigenvalue weighted by molar-refractivity contribution is 0.0744. The molecule has 0 aromatic heterocycles. The molecule has 0 saturated heterocycles. The van der Waals surface area contributed by atoms with E-state index in [2.05, 4.69) is 154 Å². The van der Waals surface area contributed by atoms with Crippen molar-refractivity contribution < 1.29 is 13.2 Å². The molecule has 1 aliphatic rings. The summed E-state index contributed by atoms with van der Waals surface area (Å²) in [5, 5.41) is -0.0881. The summed E-state index contributed by atoms with van der Waals surface area (Å²) in [4.78, 5) is 0. The molecule has 0 heterocycles. The fraction of sp³-hybridized carbons (Fsp3) is 0.857. The molecule has 1 aliphatic carbocycles. The quantitative estimate of drug-likeness (QED) is 0.236. The average molecular weight is 684 g/mol. The van der Waals surface area contributed by atoms with Gasteiger partial charge in [0.05, 0.1) is 11.4 Å². The summed E-state index contributed by atoms with van der Waals surface area (Å²) in [6, 6.07) is 8.91. The first-order valence-electron chi connectivity index (χ1n) is 18.8. The van der Waals surface area contributed by atoms with Gasteiger partial charge in [-0.1, -0.05) is 148 Å². The first-order valence-corrected chi connectivity index (χ1v) is 20.3. The summed E-state index contributed by atoms with van der Waals surface area (Å²) in [6.45, 7) is 44.8. The summed E-state index contributed by atoms with van der Waals surface area (Å²) in [5.41, 5.74) is 4.25. The van der Waals surface area contributed by atoms with Crippen LogP contribution in [0.1, 0.15) is 200 Å². The van der Waals surface area contributed by atoms with Gasteiger partial charge in [-0.05, 0) is 98.5 Å². The van der Waals surface area contributed by atoms with Gasteiger partial charge in [-0.25, -0.2) is 13.1 Å². The Bertz CT molecular complexity index is 949. The maximum atomic E-state index is 11.1. The molecule has 282 valence electrons. The third kappa shape index (κ3) is 32.1. The van der Waals surface area contributed by atoms with E-state index in [-0.39, 0.29) is 11.3 Å². The van der Waals surface area contributed by atoms with Gasteiger partial charge in [0.2, 0.25) is 10.0 Å². The SMILES string of the molecule is CC(C)(C)C(C)(C)C.CC(C)NS(=O)(=O)C1CC1.CC(C)OCCCCC(C)(C)C.CC(C)c1cccc(C(C)C)c1.CCC(C)C. The van der Waals surface area contributed by atoms with E-state index in [4.69, 9.17) is 4.74 Å². The molecule has 2 rings (SSSR count). The van der Waals surface area contributed by atoms with Gasteiger partial charge in [0, 0.05) is 12.6 Å². The van der Waals surface area contributed by atoms with E-state index in [9.17, 15) is 8.42 Å². The van der Waals surface area contributed by atoms with E-state index in [0.29, 0.717) is 34.2 Å². The van der Waals surface area contributed by atoms with Crippen molar-refractivity contribution in [2.24, 2.45) is 22.2 Å². The normalized spacial score (nSPS) is 13.7. The second-order valence-electron chi connectivity index (χ2n) is 18.2. The molecule has 1 aromatic rings. The Morgan fingerprint density at radius 2 is 1.15 bits per heavy atom. The molecule has 1 fully saturated rings. The monoisotopic (exact) mass is 684 g/mol. The Kier molecular flexibility index (Phi) is 26.1. The van der Waals surface area contributed by atoms with E-state index in [1.54, 1.807) is 0 Å². The fourth-order valence-corrected chi connectivity index (χ4v) is 4.76. The van der Waals surface area contributed by atoms with Gasteiger partial charge < -0.3 is 4.74 Å². The molecule has 1 aromatic carbocycles. The van der Waals surface area contributed by atoms with Crippen LogP contribution in [-0.4, -0.2) is 32.4 Å². The molecule has 0 aliphatic heterocycles. The number of unbranched alkanes of at least 4 members (excludes halogenated alkanes) is 1. The Balaban J connectivity index is -0.000000529. The molecule has 0 radical (unpaired) electrons. The fourth-order valence-electron chi connectivity index (χ4n) is 3.16. The maximum Gasteiger partial charge on any atom is 0.214 e. The second kappa shape index (κ2) is 24.3. The van der Waals surface area contributed by atoms with E-state index >= 15 is 0 Å². The van der Waals surface area contributed by atoms with Gasteiger partial charge in [-0.15, -0.1) is 0 Å². The van der Waals surface area contributed by atoms with Crippen molar-refractivity contribution in [1.82, 2.24) is 4.72 Å². The first-order chi connectivity index (χ1) is 21.1. The van der Waals surface area contributed by atoms with Gasteiger partial charge in [-0.3, -0.25) is 0 Å². The van der Waals surface area contributed by atoms with Crippen molar-refractivity contribution in [3.63, 3.8) is 0 Å². The van der Waals surface area contributed by atoms with Crippen molar-refractivity contribution in [2.45, 2.75) is 206 Å². The molecule has 0 amide bonds. The van der Waals surface area contributed by atoms with Crippen LogP contribution >= 0.6 is 0 Å². The van der Waals surface area contributed by atoms with Crippen LogP contribution in [0.15, 0.2) is 24.3 Å². The third-order valence-corrected chi connectivity index (χ3v) is 10.6. The molecule has 4 nitrogen and oxygen atoms in total. The molecule has 0 unspecified atom stereocenters. The average Bonchev–Trinajstić information content (AvgIpc) is 3.74. The lowest BCUT2D eigenvalue weighted by atomic mass is 9.71. The van der Waals surface area contributed by atoms with Crippen molar-refractivity contribution in [3.05, 3.63) is 35.4 Å². The highest BCUT2D eigenvalue weighted by molar-refractivity contribution is 7.90. The van der Waals surface area contributed by atoms with E-state index < -0.39 is 10.0 Å². The van der Waals surface area contributed by atoms with Gasteiger partial charge >= 0.3 is 0 Å². The van der Waals surface area contributed by atoms with Crippen LogP contribution in [0.25, 0.3) is 0 Å². The van der Waals surface area contributed by atoms with Crippen LogP contribution < -0.4 is 4.72 Å². The molecule has 5 heteroatoms. The van der Waals surface area contributed by atoms with Crippen LogP contribution in [0.5, 0.6) is 0 Å². The predicted octanol–water partition coefficient (Wildman–Crippen LogP) is 13.2. The standard InChI is InChI=1S/C12H18.C11H24O.C8H18.C6H13NO2S.C5H12/c1-9(2)11-6-5-7-12(8-11)10(3)4;1-10(2)12-9-7-6-8-11(3,4)5;1-7(2,3)8(4,5)6;1-5(2)7-10(8,9)6-3-4-6;1-4-5(2)3/h5-10H,1-4H3;10H,6-9H2,1-5H3;1-6H3;5-7H,3-4H2,1-2H3;5H,4H2,1-3H3.